The number of nitrogens with one attached hydrogen (secondary N) is 1. The Bertz CT molecular complexity index is 591. The van der Waals surface area contributed by atoms with Crippen molar-refractivity contribution in [3.05, 3.63) is 68.8 Å². The lowest BCUT2D eigenvalue weighted by molar-refractivity contribution is 0.0951. The number of hydrogen-bond donors (Lipinski definition) is 1. The molecule has 0 aromatic heterocycles. The molecule has 0 saturated carbocycles. The highest BCUT2D eigenvalue weighted by atomic mass is 127. The van der Waals surface area contributed by atoms with Crippen molar-refractivity contribution in [1.29, 1.82) is 0 Å². The van der Waals surface area contributed by atoms with Crippen LogP contribution in [0.5, 0.6) is 0 Å². The van der Waals surface area contributed by atoms with Gasteiger partial charge in [0.15, 0.2) is 0 Å². The van der Waals surface area contributed by atoms with Gasteiger partial charge in [0.1, 0.15) is 0 Å². The third-order valence-corrected chi connectivity index (χ3v) is 3.80. The van der Waals surface area contributed by atoms with E-state index in [1.165, 1.54) is 5.56 Å². The van der Waals surface area contributed by atoms with Gasteiger partial charge in [0.25, 0.3) is 5.91 Å². The molecule has 0 atom stereocenters. The fraction of sp³-hybridized carbons (Fsp3) is 0.235. The molecule has 21 heavy (non-hydrogen) atoms. The summed E-state index contributed by atoms with van der Waals surface area (Å²) in [7, 11) is 4.10. The van der Waals surface area contributed by atoms with E-state index < -0.39 is 0 Å². The van der Waals surface area contributed by atoms with E-state index in [2.05, 4.69) is 71.2 Å². The number of benzene rings is 2. The molecule has 0 aliphatic carbocycles. The Hall–Kier alpha value is -1.40. The van der Waals surface area contributed by atoms with Crippen molar-refractivity contribution in [3.63, 3.8) is 0 Å². The van der Waals surface area contributed by atoms with E-state index in [0.29, 0.717) is 12.1 Å². The molecule has 2 rings (SSSR count). The lowest BCUT2D eigenvalue weighted by Gasteiger charge is -2.10. The van der Waals surface area contributed by atoms with Crippen LogP contribution in [0.15, 0.2) is 48.5 Å². The lowest BCUT2D eigenvalue weighted by Crippen LogP contribution is -2.22. The van der Waals surface area contributed by atoms with Crippen molar-refractivity contribution in [2.75, 3.05) is 14.1 Å². The van der Waals surface area contributed by atoms with Gasteiger partial charge in [-0.2, -0.15) is 0 Å². The molecule has 110 valence electrons. The van der Waals surface area contributed by atoms with Crippen molar-refractivity contribution in [1.82, 2.24) is 10.2 Å². The Morgan fingerprint density at radius 2 is 1.57 bits per heavy atom. The average Bonchev–Trinajstić information content (AvgIpc) is 2.46. The quantitative estimate of drug-likeness (QED) is 0.790. The van der Waals surface area contributed by atoms with Gasteiger partial charge in [-0.25, -0.2) is 0 Å². The van der Waals surface area contributed by atoms with Crippen LogP contribution in [0.2, 0.25) is 0 Å². The van der Waals surface area contributed by atoms with E-state index in [1.54, 1.807) is 0 Å². The maximum atomic E-state index is 12.0. The van der Waals surface area contributed by atoms with Crippen LogP contribution < -0.4 is 5.32 Å². The smallest absolute Gasteiger partial charge is 0.251 e. The lowest BCUT2D eigenvalue weighted by atomic mass is 10.1. The topological polar surface area (TPSA) is 32.3 Å². The van der Waals surface area contributed by atoms with E-state index in [1.807, 2.05) is 24.3 Å². The van der Waals surface area contributed by atoms with E-state index in [-0.39, 0.29) is 5.91 Å². The zero-order valence-electron chi connectivity index (χ0n) is 12.3. The van der Waals surface area contributed by atoms with Crippen molar-refractivity contribution in [3.8, 4) is 0 Å². The molecule has 1 N–H and O–H groups in total. The summed E-state index contributed by atoms with van der Waals surface area (Å²) in [6.07, 6.45) is 0. The van der Waals surface area contributed by atoms with Crippen molar-refractivity contribution in [2.45, 2.75) is 13.1 Å². The SMILES string of the molecule is CN(C)Cc1ccc(CNC(=O)c2ccc(I)cc2)cc1. The normalized spacial score (nSPS) is 10.7. The molecule has 0 heterocycles. The number of amides is 1. The second-order valence-electron chi connectivity index (χ2n) is 5.24. The molecule has 0 fully saturated rings. The molecular formula is C17H19IN2O. The van der Waals surface area contributed by atoms with E-state index >= 15 is 0 Å². The van der Waals surface area contributed by atoms with Gasteiger partial charge >= 0.3 is 0 Å². The molecule has 4 heteroatoms. The number of halogens is 1. The maximum absolute atomic E-state index is 12.0. The fourth-order valence-corrected chi connectivity index (χ4v) is 2.37. The zero-order valence-corrected chi connectivity index (χ0v) is 14.4. The minimum absolute atomic E-state index is 0.0382. The predicted molar refractivity (Wildman–Crippen MR) is 94.2 cm³/mol. The molecule has 0 unspecified atom stereocenters. The largest absolute Gasteiger partial charge is 0.348 e. The number of carbonyl (C=O) groups is 1. The molecule has 0 aliphatic rings. The van der Waals surface area contributed by atoms with Crippen molar-refractivity contribution in [2.24, 2.45) is 0 Å². The molecule has 2 aromatic carbocycles. The molecule has 3 nitrogen and oxygen atoms in total. The van der Waals surface area contributed by atoms with Crippen LogP contribution in [0.4, 0.5) is 0 Å². The summed E-state index contributed by atoms with van der Waals surface area (Å²) < 4.78 is 1.13. The molecule has 0 aliphatic heterocycles. The minimum Gasteiger partial charge on any atom is -0.348 e. The highest BCUT2D eigenvalue weighted by Gasteiger charge is 2.04. The first-order chi connectivity index (χ1) is 10.0. The fourth-order valence-electron chi connectivity index (χ4n) is 2.01. The van der Waals surface area contributed by atoms with E-state index in [4.69, 9.17) is 0 Å². The minimum atomic E-state index is -0.0382. The Balaban J connectivity index is 1.90. The Kier molecular flexibility index (Phi) is 5.76. The molecule has 1 amide bonds. The van der Waals surface area contributed by atoms with Gasteiger partial charge in [-0.3, -0.25) is 4.79 Å². The third-order valence-electron chi connectivity index (χ3n) is 3.08. The monoisotopic (exact) mass is 394 g/mol. The molecule has 0 spiro atoms. The molecule has 0 radical (unpaired) electrons. The molecule has 2 aromatic rings. The van der Waals surface area contributed by atoms with Gasteiger partial charge in [0.05, 0.1) is 0 Å². The summed E-state index contributed by atoms with van der Waals surface area (Å²) in [5, 5.41) is 2.94. The van der Waals surface area contributed by atoms with E-state index in [9.17, 15) is 4.79 Å². The van der Waals surface area contributed by atoms with Crippen molar-refractivity contribution < 1.29 is 4.79 Å². The predicted octanol–water partition coefficient (Wildman–Crippen LogP) is 3.28. The van der Waals surface area contributed by atoms with Gasteiger partial charge in [-0.1, -0.05) is 24.3 Å². The maximum Gasteiger partial charge on any atom is 0.251 e. The van der Waals surface area contributed by atoms with Crippen LogP contribution in [-0.4, -0.2) is 24.9 Å². The summed E-state index contributed by atoms with van der Waals surface area (Å²) in [4.78, 5) is 14.2. The highest BCUT2D eigenvalue weighted by molar-refractivity contribution is 14.1. The summed E-state index contributed by atoms with van der Waals surface area (Å²) in [5.74, 6) is -0.0382. The number of rotatable bonds is 5. The number of carbonyl (C=O) groups excluding carboxylic acids is 1. The van der Waals surface area contributed by atoms with Crippen LogP contribution in [0, 0.1) is 3.57 Å². The van der Waals surface area contributed by atoms with Gasteiger partial charge in [0.2, 0.25) is 0 Å². The summed E-state index contributed by atoms with van der Waals surface area (Å²) in [6, 6.07) is 15.9. The van der Waals surface area contributed by atoms with Crippen molar-refractivity contribution >= 4 is 28.5 Å². The van der Waals surface area contributed by atoms with E-state index in [0.717, 1.165) is 15.7 Å². The van der Waals surface area contributed by atoms with Crippen LogP contribution in [0.1, 0.15) is 21.5 Å². The van der Waals surface area contributed by atoms with Gasteiger partial charge < -0.3 is 10.2 Å². The second kappa shape index (κ2) is 7.56. The van der Waals surface area contributed by atoms with Gasteiger partial charge in [-0.15, -0.1) is 0 Å². The first kappa shape index (κ1) is 16.0. The van der Waals surface area contributed by atoms with Gasteiger partial charge in [-0.05, 0) is 72.1 Å². The Morgan fingerprint density at radius 1 is 1.00 bits per heavy atom. The summed E-state index contributed by atoms with van der Waals surface area (Å²) in [5.41, 5.74) is 3.07. The highest BCUT2D eigenvalue weighted by Crippen LogP contribution is 2.08. The average molecular weight is 394 g/mol. The zero-order chi connectivity index (χ0) is 15.2. The van der Waals surface area contributed by atoms with Crippen LogP contribution in [0.25, 0.3) is 0 Å². The standard InChI is InChI=1S/C17H19IN2O/c1-20(2)12-14-5-3-13(4-6-14)11-19-17(21)15-7-9-16(18)10-8-15/h3-10H,11-12H2,1-2H3,(H,19,21). The summed E-state index contributed by atoms with van der Waals surface area (Å²) in [6.45, 7) is 1.47. The number of nitrogens with zero attached hydrogens (tertiary/aromatic N) is 1. The molecular weight excluding hydrogens is 375 g/mol. The Morgan fingerprint density at radius 3 is 2.14 bits per heavy atom. The molecule has 0 saturated heterocycles. The van der Waals surface area contributed by atoms with Crippen LogP contribution in [0.3, 0.4) is 0 Å². The summed E-state index contributed by atoms with van der Waals surface area (Å²) >= 11 is 2.23. The van der Waals surface area contributed by atoms with Crippen LogP contribution >= 0.6 is 22.6 Å². The number of hydrogen-bond acceptors (Lipinski definition) is 2. The van der Waals surface area contributed by atoms with Crippen LogP contribution in [-0.2, 0) is 13.1 Å². The second-order valence-corrected chi connectivity index (χ2v) is 6.49. The Labute approximate surface area is 139 Å². The first-order valence-electron chi connectivity index (χ1n) is 6.81. The molecule has 0 bridgehead atoms. The van der Waals surface area contributed by atoms with Gasteiger partial charge in [0, 0.05) is 22.2 Å². The first-order valence-corrected chi connectivity index (χ1v) is 7.89. The third kappa shape index (κ3) is 5.13.